The lowest BCUT2D eigenvalue weighted by Crippen LogP contribution is -2.30. The van der Waals surface area contributed by atoms with Gasteiger partial charge in [-0.3, -0.25) is 4.57 Å². The topological polar surface area (TPSA) is 24.3 Å². The van der Waals surface area contributed by atoms with Crippen LogP contribution in [0.25, 0.3) is 38.8 Å². The molecule has 0 atom stereocenters. The third-order valence-corrected chi connectivity index (χ3v) is 11.1. The van der Waals surface area contributed by atoms with E-state index in [0.717, 1.165) is 12.5 Å². The molecule has 266 valence electrons. The number of benzene rings is 5. The molecule has 0 saturated heterocycles. The lowest BCUT2D eigenvalue weighted by molar-refractivity contribution is 0.492. The molecule has 0 unspecified atom stereocenters. The minimum Gasteiger partial charge on any atom is -0.328 e. The largest absolute Gasteiger partial charge is 0.328 e. The Hall–Kier alpha value is -5.61. The van der Waals surface area contributed by atoms with Gasteiger partial charge in [0.2, 0.25) is 0 Å². The summed E-state index contributed by atoms with van der Waals surface area (Å²) in [5.74, 6) is 0.954. The van der Waals surface area contributed by atoms with Gasteiger partial charge in [-0.2, -0.15) is 0 Å². The molecule has 0 fully saturated rings. The van der Waals surface area contributed by atoms with Crippen LogP contribution in [-0.4, -0.2) is 16.2 Å². The summed E-state index contributed by atoms with van der Waals surface area (Å²) in [6, 6.07) is 48.8. The van der Waals surface area contributed by atoms with Gasteiger partial charge in [0.15, 0.2) is 0 Å². The van der Waals surface area contributed by atoms with Crippen LogP contribution in [0.15, 0.2) is 152 Å². The van der Waals surface area contributed by atoms with E-state index in [0.29, 0.717) is 0 Å². The molecule has 3 heterocycles. The van der Waals surface area contributed by atoms with Crippen molar-refractivity contribution >= 4 is 33.2 Å². The third-order valence-electron chi connectivity index (χ3n) is 11.1. The van der Waals surface area contributed by atoms with Gasteiger partial charge in [-0.1, -0.05) is 140 Å². The van der Waals surface area contributed by atoms with E-state index in [1.807, 2.05) is 6.20 Å². The molecule has 1 aliphatic heterocycles. The molecule has 0 bridgehead atoms. The van der Waals surface area contributed by atoms with Crippen LogP contribution >= 0.6 is 0 Å². The SMILES string of the molecule is CC(C)(C)C1=CN(c2cccc(C(C)(C)c3ccc4c5ccccc5n(-c5cc(C(C)(C)C)ccn5)c4c3)c2)CN1c1ccc(-c2ccccc2)cc1. The second kappa shape index (κ2) is 12.8. The Balaban J connectivity index is 1.15. The number of aromatic nitrogens is 2. The Morgan fingerprint density at radius 3 is 1.92 bits per heavy atom. The summed E-state index contributed by atoms with van der Waals surface area (Å²) in [5.41, 5.74) is 12.1. The third kappa shape index (κ3) is 6.31. The van der Waals surface area contributed by atoms with Gasteiger partial charge >= 0.3 is 0 Å². The molecule has 7 aromatic rings. The minimum absolute atomic E-state index is 0.0246. The van der Waals surface area contributed by atoms with Crippen molar-refractivity contribution in [3.05, 3.63) is 168 Å². The van der Waals surface area contributed by atoms with Crippen molar-refractivity contribution in [2.45, 2.75) is 66.2 Å². The molecule has 2 aromatic heterocycles. The highest BCUT2D eigenvalue weighted by Crippen LogP contribution is 2.41. The highest BCUT2D eigenvalue weighted by molar-refractivity contribution is 6.09. The van der Waals surface area contributed by atoms with E-state index >= 15 is 0 Å². The predicted octanol–water partition coefficient (Wildman–Crippen LogP) is 12.6. The first-order chi connectivity index (χ1) is 25.3. The molecular weight excluding hydrogens is 645 g/mol. The molecule has 4 nitrogen and oxygen atoms in total. The Morgan fingerprint density at radius 1 is 0.509 bits per heavy atom. The van der Waals surface area contributed by atoms with Gasteiger partial charge in [0.25, 0.3) is 0 Å². The number of para-hydroxylation sites is 1. The van der Waals surface area contributed by atoms with Crippen LogP contribution < -0.4 is 9.80 Å². The molecule has 0 amide bonds. The molecule has 0 radical (unpaired) electrons. The molecule has 0 aliphatic carbocycles. The highest BCUT2D eigenvalue weighted by Gasteiger charge is 2.32. The van der Waals surface area contributed by atoms with Gasteiger partial charge in [0.05, 0.1) is 17.7 Å². The van der Waals surface area contributed by atoms with Crippen molar-refractivity contribution in [2.24, 2.45) is 5.41 Å². The van der Waals surface area contributed by atoms with Crippen molar-refractivity contribution < 1.29 is 0 Å². The number of nitrogens with zero attached hydrogens (tertiary/aromatic N) is 4. The number of rotatable bonds is 6. The summed E-state index contributed by atoms with van der Waals surface area (Å²) in [6.45, 7) is 19.1. The first-order valence-electron chi connectivity index (χ1n) is 18.8. The van der Waals surface area contributed by atoms with Gasteiger partial charge in [-0.25, -0.2) is 4.98 Å². The molecule has 0 N–H and O–H groups in total. The number of hydrogen-bond acceptors (Lipinski definition) is 3. The molecule has 0 spiro atoms. The summed E-state index contributed by atoms with van der Waals surface area (Å²) in [7, 11) is 0. The maximum atomic E-state index is 4.92. The Labute approximate surface area is 315 Å². The predicted molar refractivity (Wildman–Crippen MR) is 225 cm³/mol. The quantitative estimate of drug-likeness (QED) is 0.173. The first kappa shape index (κ1) is 34.5. The minimum atomic E-state index is -0.255. The zero-order valence-electron chi connectivity index (χ0n) is 32.4. The van der Waals surface area contributed by atoms with E-state index in [2.05, 4.69) is 209 Å². The number of anilines is 2. The average molecular weight is 695 g/mol. The lowest BCUT2D eigenvalue weighted by atomic mass is 9.77. The van der Waals surface area contributed by atoms with Gasteiger partial charge in [0, 0.05) is 51.1 Å². The maximum absolute atomic E-state index is 4.92. The smallest absolute Gasteiger partial charge is 0.137 e. The van der Waals surface area contributed by atoms with E-state index < -0.39 is 0 Å². The fourth-order valence-electron chi connectivity index (χ4n) is 7.78. The number of allylic oxidation sites excluding steroid dienone is 1. The summed E-state index contributed by atoms with van der Waals surface area (Å²) in [5, 5.41) is 2.48. The first-order valence-corrected chi connectivity index (χ1v) is 18.8. The van der Waals surface area contributed by atoms with Crippen molar-refractivity contribution in [3.63, 3.8) is 0 Å². The summed E-state index contributed by atoms with van der Waals surface area (Å²) < 4.78 is 2.35. The fourth-order valence-corrected chi connectivity index (χ4v) is 7.78. The van der Waals surface area contributed by atoms with E-state index in [-0.39, 0.29) is 16.2 Å². The fraction of sp³-hybridized carbons (Fsp3) is 0.245. The average Bonchev–Trinajstić information content (AvgIpc) is 3.76. The highest BCUT2D eigenvalue weighted by atomic mass is 15.4. The van der Waals surface area contributed by atoms with E-state index in [1.165, 1.54) is 66.7 Å². The van der Waals surface area contributed by atoms with E-state index in [9.17, 15) is 0 Å². The van der Waals surface area contributed by atoms with E-state index in [1.54, 1.807) is 0 Å². The normalized spacial score (nSPS) is 14.0. The molecule has 53 heavy (non-hydrogen) atoms. The van der Waals surface area contributed by atoms with Gasteiger partial charge in [0.1, 0.15) is 5.82 Å². The van der Waals surface area contributed by atoms with Crippen LogP contribution in [0.4, 0.5) is 11.4 Å². The Morgan fingerprint density at radius 2 is 1.19 bits per heavy atom. The number of fused-ring (bicyclic) bond motifs is 3. The lowest BCUT2D eigenvalue weighted by Gasteiger charge is -2.31. The number of pyridine rings is 1. The van der Waals surface area contributed by atoms with Gasteiger partial charge in [-0.15, -0.1) is 0 Å². The molecular formula is C49H50N4. The van der Waals surface area contributed by atoms with Crippen LogP contribution in [0.1, 0.15) is 72.1 Å². The van der Waals surface area contributed by atoms with E-state index in [4.69, 9.17) is 4.98 Å². The van der Waals surface area contributed by atoms with Gasteiger partial charge < -0.3 is 9.80 Å². The van der Waals surface area contributed by atoms with Crippen molar-refractivity contribution in [2.75, 3.05) is 16.5 Å². The second-order valence-corrected chi connectivity index (χ2v) is 17.1. The molecule has 4 heteroatoms. The molecule has 5 aromatic carbocycles. The standard InChI is InChI=1S/C49H50N4/c1-47(2,3)36-27-28-50-46(31-36)53-43-20-13-12-19-41(43)42-26-23-38(30-44(42)53)49(7,8)37-17-14-18-40(29-37)51-32-45(48(4,5)6)52(33-51)39-24-21-35(22-25-39)34-15-10-9-11-16-34/h9-32H,33H2,1-8H3. The summed E-state index contributed by atoms with van der Waals surface area (Å²) in [6.07, 6.45) is 4.30. The number of hydrogen-bond donors (Lipinski definition) is 0. The molecule has 0 saturated carbocycles. The summed E-state index contributed by atoms with van der Waals surface area (Å²) in [4.78, 5) is 9.78. The maximum Gasteiger partial charge on any atom is 0.137 e. The van der Waals surface area contributed by atoms with Crippen molar-refractivity contribution in [1.82, 2.24) is 9.55 Å². The van der Waals surface area contributed by atoms with Crippen LogP contribution in [0.3, 0.4) is 0 Å². The zero-order chi connectivity index (χ0) is 37.1. The van der Waals surface area contributed by atoms with Crippen LogP contribution in [0.5, 0.6) is 0 Å². The second-order valence-electron chi connectivity index (χ2n) is 17.1. The summed E-state index contributed by atoms with van der Waals surface area (Å²) >= 11 is 0. The van der Waals surface area contributed by atoms with Crippen LogP contribution in [-0.2, 0) is 10.8 Å². The molecule has 1 aliphatic rings. The monoisotopic (exact) mass is 694 g/mol. The van der Waals surface area contributed by atoms with Crippen LogP contribution in [0.2, 0.25) is 0 Å². The zero-order valence-corrected chi connectivity index (χ0v) is 32.4. The van der Waals surface area contributed by atoms with Crippen LogP contribution in [0, 0.1) is 5.41 Å². The van der Waals surface area contributed by atoms with Crippen molar-refractivity contribution in [1.29, 1.82) is 0 Å². The van der Waals surface area contributed by atoms with Gasteiger partial charge in [-0.05, 0) is 81.8 Å². The Bertz CT molecular complexity index is 2470. The Kier molecular flexibility index (Phi) is 8.33. The molecule has 8 rings (SSSR count). The van der Waals surface area contributed by atoms with Crippen molar-refractivity contribution in [3.8, 4) is 16.9 Å².